The number of benzene rings is 1. The van der Waals surface area contributed by atoms with Crippen LogP contribution in [0.15, 0.2) is 38.3 Å². The van der Waals surface area contributed by atoms with Crippen LogP contribution in [0.3, 0.4) is 0 Å². The molecule has 28 heavy (non-hydrogen) atoms. The van der Waals surface area contributed by atoms with Crippen molar-refractivity contribution in [2.24, 2.45) is 7.05 Å². The Hall–Kier alpha value is -2.39. The van der Waals surface area contributed by atoms with Crippen LogP contribution < -0.4 is 16.1 Å². The molecule has 2 aromatic heterocycles. The molecule has 0 aliphatic carbocycles. The average molecular weight is 447 g/mol. The largest absolute Gasteiger partial charge is 0.340 e. The molecule has 1 aliphatic heterocycles. The predicted octanol–water partition coefficient (Wildman–Crippen LogP) is 1.38. The van der Waals surface area contributed by atoms with Gasteiger partial charge in [-0.25, -0.2) is 4.79 Å². The lowest BCUT2D eigenvalue weighted by Crippen LogP contribution is -2.47. The molecule has 0 bridgehead atoms. The third kappa shape index (κ3) is 3.40. The maximum Gasteiger partial charge on any atom is 0.329 e. The molecule has 4 rings (SSSR count). The van der Waals surface area contributed by atoms with E-state index in [4.69, 9.17) is 4.98 Å². The highest BCUT2D eigenvalue weighted by Crippen LogP contribution is 2.23. The lowest BCUT2D eigenvalue weighted by Gasteiger charge is -2.34. The van der Waals surface area contributed by atoms with Crippen LogP contribution in [0.5, 0.6) is 0 Å². The summed E-state index contributed by atoms with van der Waals surface area (Å²) in [5.74, 6) is 0.736. The lowest BCUT2D eigenvalue weighted by atomic mass is 10.2. The minimum atomic E-state index is -0.451. The van der Waals surface area contributed by atoms with Gasteiger partial charge < -0.3 is 9.80 Å². The zero-order chi connectivity index (χ0) is 19.8. The first-order valence-corrected chi connectivity index (χ1v) is 10.2. The lowest BCUT2D eigenvalue weighted by molar-refractivity contribution is 0.269. The Bertz CT molecular complexity index is 1110. The van der Waals surface area contributed by atoms with Crippen LogP contribution in [0, 0.1) is 0 Å². The van der Waals surface area contributed by atoms with E-state index >= 15 is 0 Å². The number of aromatic amines is 1. The average Bonchev–Trinajstić information content (AvgIpc) is 3.08. The third-order valence-corrected chi connectivity index (χ3v) is 5.87. The van der Waals surface area contributed by atoms with Gasteiger partial charge >= 0.3 is 5.69 Å². The van der Waals surface area contributed by atoms with Gasteiger partial charge in [0.1, 0.15) is 0 Å². The van der Waals surface area contributed by atoms with Crippen molar-refractivity contribution in [1.82, 2.24) is 24.0 Å². The van der Waals surface area contributed by atoms with Crippen molar-refractivity contribution in [3.05, 3.63) is 55.1 Å². The van der Waals surface area contributed by atoms with Crippen LogP contribution in [-0.2, 0) is 13.6 Å². The van der Waals surface area contributed by atoms with E-state index in [0.717, 1.165) is 48.7 Å². The van der Waals surface area contributed by atoms with Gasteiger partial charge in [0.25, 0.3) is 5.56 Å². The number of fused-ring (bicyclic) bond motifs is 1. The molecule has 148 valence electrons. The first-order chi connectivity index (χ1) is 13.5. The minimum absolute atomic E-state index is 0.402. The van der Waals surface area contributed by atoms with Crippen LogP contribution in [0.25, 0.3) is 11.2 Å². The fraction of sp³-hybridized carbons (Fsp3) is 0.421. The van der Waals surface area contributed by atoms with Gasteiger partial charge in [0.2, 0.25) is 5.95 Å². The molecule has 0 unspecified atom stereocenters. The molecule has 1 aliphatic rings. The summed E-state index contributed by atoms with van der Waals surface area (Å²) in [7, 11) is 1.64. The maximum absolute atomic E-state index is 12.6. The SMILES string of the molecule is CCN1CCN(c2nc3c(c(=O)[nH]c(=O)n3C)n2Cc2ccc(Br)cc2)CC1. The minimum Gasteiger partial charge on any atom is -0.340 e. The Labute approximate surface area is 170 Å². The Morgan fingerprint density at radius 2 is 1.79 bits per heavy atom. The number of nitrogens with one attached hydrogen (secondary N) is 1. The van der Waals surface area contributed by atoms with E-state index in [2.05, 4.69) is 37.6 Å². The fourth-order valence-corrected chi connectivity index (χ4v) is 3.92. The van der Waals surface area contributed by atoms with E-state index in [1.165, 1.54) is 4.57 Å². The van der Waals surface area contributed by atoms with Crippen LogP contribution in [0.2, 0.25) is 0 Å². The summed E-state index contributed by atoms with van der Waals surface area (Å²) in [5, 5.41) is 0. The van der Waals surface area contributed by atoms with Crippen molar-refractivity contribution < 1.29 is 0 Å². The number of hydrogen-bond donors (Lipinski definition) is 1. The number of aromatic nitrogens is 4. The first kappa shape index (κ1) is 18.9. The topological polar surface area (TPSA) is 79.2 Å². The second kappa shape index (κ2) is 7.56. The van der Waals surface area contributed by atoms with Gasteiger partial charge in [-0.1, -0.05) is 35.0 Å². The molecular formula is C19H23BrN6O2. The zero-order valence-corrected chi connectivity index (χ0v) is 17.6. The Morgan fingerprint density at radius 3 is 2.43 bits per heavy atom. The smallest absolute Gasteiger partial charge is 0.329 e. The molecule has 0 saturated carbocycles. The highest BCUT2D eigenvalue weighted by Gasteiger charge is 2.24. The number of nitrogens with zero attached hydrogens (tertiary/aromatic N) is 5. The number of likely N-dealkylation sites (N-methyl/N-ethyl adjacent to an activating group) is 1. The standard InChI is InChI=1S/C19H23BrN6O2/c1-3-24-8-10-25(11-9-24)18-21-16-15(17(27)22-19(28)23(16)2)26(18)12-13-4-6-14(20)7-5-13/h4-7H,3,8-12H2,1-2H3,(H,22,27,28). The Kier molecular flexibility index (Phi) is 5.11. The van der Waals surface area contributed by atoms with Crippen LogP contribution in [0.1, 0.15) is 12.5 Å². The number of imidazole rings is 1. The van der Waals surface area contributed by atoms with Crippen LogP contribution >= 0.6 is 15.9 Å². The molecule has 8 nitrogen and oxygen atoms in total. The van der Waals surface area contributed by atoms with Crippen LogP contribution in [-0.4, -0.2) is 56.7 Å². The van der Waals surface area contributed by atoms with Gasteiger partial charge in [-0.2, -0.15) is 4.98 Å². The van der Waals surface area contributed by atoms with E-state index in [0.29, 0.717) is 17.7 Å². The second-order valence-corrected chi connectivity index (χ2v) is 7.95. The van der Waals surface area contributed by atoms with Crippen molar-refractivity contribution in [2.75, 3.05) is 37.6 Å². The summed E-state index contributed by atoms with van der Waals surface area (Å²) in [6, 6.07) is 8.00. The Morgan fingerprint density at radius 1 is 1.11 bits per heavy atom. The third-order valence-electron chi connectivity index (χ3n) is 5.34. The quantitative estimate of drug-likeness (QED) is 0.654. The van der Waals surface area contributed by atoms with Gasteiger partial charge in [-0.15, -0.1) is 0 Å². The number of aryl methyl sites for hydroxylation is 1. The zero-order valence-electron chi connectivity index (χ0n) is 16.0. The van der Waals surface area contributed by atoms with E-state index in [1.807, 2.05) is 28.8 Å². The van der Waals surface area contributed by atoms with Gasteiger partial charge in [0.05, 0.1) is 6.54 Å². The molecule has 0 spiro atoms. The molecule has 9 heteroatoms. The number of hydrogen-bond acceptors (Lipinski definition) is 5. The fourth-order valence-electron chi connectivity index (χ4n) is 3.65. The number of halogens is 1. The second-order valence-electron chi connectivity index (χ2n) is 7.04. The van der Waals surface area contributed by atoms with E-state index in [-0.39, 0.29) is 0 Å². The van der Waals surface area contributed by atoms with Gasteiger partial charge in [0, 0.05) is 37.7 Å². The molecular weight excluding hydrogens is 424 g/mol. The van der Waals surface area contributed by atoms with Crippen molar-refractivity contribution in [3.8, 4) is 0 Å². The summed E-state index contributed by atoms with van der Waals surface area (Å²) in [6.45, 7) is 7.27. The highest BCUT2D eigenvalue weighted by atomic mass is 79.9. The highest BCUT2D eigenvalue weighted by molar-refractivity contribution is 9.10. The van der Waals surface area contributed by atoms with Crippen molar-refractivity contribution >= 4 is 33.0 Å². The molecule has 1 fully saturated rings. The summed E-state index contributed by atoms with van der Waals surface area (Å²) in [4.78, 5) is 36.4. The van der Waals surface area contributed by atoms with Crippen LogP contribution in [0.4, 0.5) is 5.95 Å². The maximum atomic E-state index is 12.6. The summed E-state index contributed by atoms with van der Waals surface area (Å²) >= 11 is 3.46. The van der Waals surface area contributed by atoms with Gasteiger partial charge in [-0.3, -0.25) is 18.9 Å². The molecule has 1 N–H and O–H groups in total. The summed E-state index contributed by atoms with van der Waals surface area (Å²) in [6.07, 6.45) is 0. The van der Waals surface area contributed by atoms with E-state index in [9.17, 15) is 9.59 Å². The van der Waals surface area contributed by atoms with E-state index in [1.54, 1.807) is 7.05 Å². The number of piperazine rings is 1. The summed E-state index contributed by atoms with van der Waals surface area (Å²) in [5.41, 5.74) is 1.05. The molecule has 3 aromatic rings. The number of rotatable bonds is 4. The van der Waals surface area contributed by atoms with Crippen molar-refractivity contribution in [1.29, 1.82) is 0 Å². The number of anilines is 1. The Balaban J connectivity index is 1.84. The van der Waals surface area contributed by atoms with Gasteiger partial charge in [-0.05, 0) is 24.2 Å². The molecule has 1 aromatic carbocycles. The van der Waals surface area contributed by atoms with E-state index < -0.39 is 11.2 Å². The molecule has 0 amide bonds. The van der Waals surface area contributed by atoms with Crippen molar-refractivity contribution in [3.63, 3.8) is 0 Å². The van der Waals surface area contributed by atoms with Crippen molar-refractivity contribution in [2.45, 2.75) is 13.5 Å². The number of H-pyrrole nitrogens is 1. The monoisotopic (exact) mass is 446 g/mol. The molecule has 0 radical (unpaired) electrons. The molecule has 3 heterocycles. The summed E-state index contributed by atoms with van der Waals surface area (Å²) < 4.78 is 4.34. The first-order valence-electron chi connectivity index (χ1n) is 9.39. The predicted molar refractivity (Wildman–Crippen MR) is 113 cm³/mol. The molecule has 0 atom stereocenters. The normalized spacial score (nSPS) is 15.5. The molecule has 1 saturated heterocycles. The van der Waals surface area contributed by atoms with Gasteiger partial charge in [0.15, 0.2) is 11.2 Å².